The summed E-state index contributed by atoms with van der Waals surface area (Å²) < 4.78 is 17.6. The number of esters is 2. The van der Waals surface area contributed by atoms with Gasteiger partial charge in [0, 0.05) is 23.6 Å². The van der Waals surface area contributed by atoms with Gasteiger partial charge in [-0.3, -0.25) is 4.79 Å². The van der Waals surface area contributed by atoms with Crippen molar-refractivity contribution in [1.82, 2.24) is 10.2 Å². The van der Waals surface area contributed by atoms with Crippen LogP contribution in [0.5, 0.6) is 5.75 Å². The fraction of sp³-hybridized carbons (Fsp3) is 0.621. The Morgan fingerprint density at radius 1 is 1.25 bits per heavy atom. The number of likely N-dealkylation sites (tertiary alicyclic amines) is 1. The zero-order valence-corrected chi connectivity index (χ0v) is 23.3. The predicted octanol–water partition coefficient (Wildman–Crippen LogP) is 0.597. The van der Waals surface area contributed by atoms with E-state index in [1.54, 1.807) is 6.08 Å². The molecule has 1 spiro atoms. The van der Waals surface area contributed by atoms with Crippen LogP contribution in [0.1, 0.15) is 63.1 Å². The summed E-state index contributed by atoms with van der Waals surface area (Å²) in [5, 5.41) is 34.2. The number of ether oxygens (including phenoxy) is 3. The minimum atomic E-state index is -1.30. The summed E-state index contributed by atoms with van der Waals surface area (Å²) in [6, 6.07) is 2.64. The van der Waals surface area contributed by atoms with Crippen LogP contribution < -0.4 is 10.1 Å². The summed E-state index contributed by atoms with van der Waals surface area (Å²) in [5.41, 5.74) is 0.511. The summed E-state index contributed by atoms with van der Waals surface area (Å²) in [6.07, 6.45) is 0.565. The highest BCUT2D eigenvalue weighted by molar-refractivity contribution is 5.88. The maximum atomic E-state index is 13.2. The summed E-state index contributed by atoms with van der Waals surface area (Å²) in [5.74, 6) is -1.57. The molecular weight excluding hydrogens is 520 g/mol. The second-order valence-corrected chi connectivity index (χ2v) is 11.4. The van der Waals surface area contributed by atoms with E-state index >= 15 is 0 Å². The molecule has 0 radical (unpaired) electrons. The third-order valence-corrected chi connectivity index (χ3v) is 9.03. The number of benzene rings is 1. The highest BCUT2D eigenvalue weighted by Gasteiger charge is 2.71. The van der Waals surface area contributed by atoms with Crippen LogP contribution in [0.25, 0.3) is 0 Å². The molecule has 40 heavy (non-hydrogen) atoms. The molecule has 0 aromatic heterocycles. The second-order valence-electron chi connectivity index (χ2n) is 11.4. The van der Waals surface area contributed by atoms with Crippen molar-refractivity contribution in [3.63, 3.8) is 0 Å². The maximum Gasteiger partial charge on any atom is 0.352 e. The molecular formula is C29H38N2O9. The van der Waals surface area contributed by atoms with Crippen molar-refractivity contribution in [2.75, 3.05) is 13.6 Å². The Morgan fingerprint density at radius 3 is 2.67 bits per heavy atom. The first-order valence-corrected chi connectivity index (χ1v) is 13.9. The van der Waals surface area contributed by atoms with Crippen molar-refractivity contribution in [3.8, 4) is 5.75 Å². The molecule has 7 atom stereocenters. The van der Waals surface area contributed by atoms with Crippen molar-refractivity contribution < 1.29 is 43.9 Å². The lowest BCUT2D eigenvalue weighted by molar-refractivity contribution is -0.176. The van der Waals surface area contributed by atoms with Crippen LogP contribution in [0.3, 0.4) is 0 Å². The van der Waals surface area contributed by atoms with Crippen LogP contribution in [0.2, 0.25) is 0 Å². The number of nitrogens with one attached hydrogen (secondary N) is 1. The summed E-state index contributed by atoms with van der Waals surface area (Å²) in [4.78, 5) is 40.0. The third kappa shape index (κ3) is 4.22. The molecule has 2 aliphatic heterocycles. The van der Waals surface area contributed by atoms with Gasteiger partial charge in [0.15, 0.2) is 12.2 Å². The molecule has 2 aliphatic carbocycles. The lowest BCUT2D eigenvalue weighted by Crippen LogP contribution is -2.74. The summed E-state index contributed by atoms with van der Waals surface area (Å²) >= 11 is 0. The first-order chi connectivity index (χ1) is 19.0. The number of piperidine rings is 1. The Balaban J connectivity index is 1.39. The molecule has 1 fully saturated rings. The quantitative estimate of drug-likeness (QED) is 0.317. The molecule has 2 heterocycles. The van der Waals surface area contributed by atoms with Crippen molar-refractivity contribution >= 4 is 17.8 Å². The van der Waals surface area contributed by atoms with Crippen molar-refractivity contribution in [1.29, 1.82) is 0 Å². The number of aliphatic hydroxyl groups excluding tert-OH is 2. The van der Waals surface area contributed by atoms with E-state index in [0.717, 1.165) is 11.1 Å². The molecule has 11 nitrogen and oxygen atoms in total. The Bertz CT molecular complexity index is 1250. The zero-order valence-electron chi connectivity index (χ0n) is 23.3. The monoisotopic (exact) mass is 558 g/mol. The fourth-order valence-corrected chi connectivity index (χ4v) is 6.96. The van der Waals surface area contributed by atoms with Gasteiger partial charge in [-0.15, -0.1) is 0 Å². The van der Waals surface area contributed by atoms with Crippen LogP contribution in [0, 0.1) is 0 Å². The number of carbonyl (C=O) groups excluding carboxylic acids is 3. The molecule has 2 bridgehead atoms. The highest BCUT2D eigenvalue weighted by atomic mass is 16.6. The Labute approximate surface area is 233 Å². The fourth-order valence-electron chi connectivity index (χ4n) is 6.96. The molecule has 4 N–H and O–H groups in total. The van der Waals surface area contributed by atoms with Crippen LogP contribution in [-0.4, -0.2) is 87.7 Å². The van der Waals surface area contributed by atoms with E-state index in [1.807, 2.05) is 26.1 Å². The Kier molecular flexibility index (Phi) is 7.45. The lowest BCUT2D eigenvalue weighted by Gasteiger charge is -2.61. The molecule has 4 aliphatic rings. The summed E-state index contributed by atoms with van der Waals surface area (Å²) in [6.45, 7) is 4.98. The standard InChI is InChI=1S/C29H38N2O9/c1-5-6-19(30-25(34)15(2)33)27(36)38-16(3)26(35)39-20-9-10-29(37)21-13-17-7-8-18(14-32)23-22(17)28(29,24(20)40-23)11-12-31(21)4/h7-9,15-16,19,21,24,32-33,37H,5-6,10-14H2,1-4H3,(H,30,34)/t15-,16-,19-,21+,24?,28?,29+/m0/s1. The number of likely N-dealkylation sites (N-methyl/N-ethyl adjacent to an activating group) is 1. The number of carbonyl (C=O) groups is 3. The maximum absolute atomic E-state index is 13.2. The molecule has 1 aromatic rings. The SMILES string of the molecule is CCC[C@H](NC(=O)[C@H](C)O)C(=O)O[C@@H](C)C(=O)OC1=CC[C@@]2(O)[C@H]3Cc4ccc(CO)c5c4C2(CCN3C)C1O5. The van der Waals surface area contributed by atoms with Crippen LogP contribution in [-0.2, 0) is 42.3 Å². The average molecular weight is 559 g/mol. The molecule has 1 aromatic carbocycles. The van der Waals surface area contributed by atoms with Crippen LogP contribution in [0.15, 0.2) is 24.0 Å². The molecule has 5 rings (SSSR count). The van der Waals surface area contributed by atoms with E-state index in [-0.39, 0.29) is 31.2 Å². The van der Waals surface area contributed by atoms with Gasteiger partial charge in [0.05, 0.1) is 17.6 Å². The van der Waals surface area contributed by atoms with Gasteiger partial charge in [0.25, 0.3) is 0 Å². The Hall–Kier alpha value is -2.99. The summed E-state index contributed by atoms with van der Waals surface area (Å²) in [7, 11) is 2.00. The first-order valence-electron chi connectivity index (χ1n) is 13.9. The van der Waals surface area contributed by atoms with E-state index < -0.39 is 53.2 Å². The normalized spacial score (nSPS) is 30.2. The first kappa shape index (κ1) is 28.5. The number of hydrogen-bond acceptors (Lipinski definition) is 10. The molecule has 0 saturated carbocycles. The van der Waals surface area contributed by atoms with Gasteiger partial charge in [-0.1, -0.05) is 25.5 Å². The molecule has 11 heteroatoms. The topological polar surface area (TPSA) is 155 Å². The molecule has 218 valence electrons. The number of amides is 1. The van der Waals surface area contributed by atoms with Crippen LogP contribution in [0.4, 0.5) is 0 Å². The smallest absolute Gasteiger partial charge is 0.352 e. The third-order valence-electron chi connectivity index (χ3n) is 9.03. The zero-order chi connectivity index (χ0) is 29.0. The second kappa shape index (κ2) is 10.4. The number of hydrogen-bond donors (Lipinski definition) is 4. The predicted molar refractivity (Wildman–Crippen MR) is 141 cm³/mol. The van der Waals surface area contributed by atoms with E-state index in [2.05, 4.69) is 10.2 Å². The van der Waals surface area contributed by atoms with E-state index in [4.69, 9.17) is 14.2 Å². The average Bonchev–Trinajstić information content (AvgIpc) is 3.27. The molecule has 2 unspecified atom stereocenters. The number of aliphatic hydroxyl groups is 3. The number of nitrogens with zero attached hydrogens (tertiary/aromatic N) is 1. The van der Waals surface area contributed by atoms with Crippen LogP contribution >= 0.6 is 0 Å². The number of rotatable bonds is 9. The van der Waals surface area contributed by atoms with Gasteiger partial charge in [0.1, 0.15) is 23.7 Å². The van der Waals surface area contributed by atoms with Gasteiger partial charge < -0.3 is 39.7 Å². The van der Waals surface area contributed by atoms with Crippen molar-refractivity contribution in [3.05, 3.63) is 40.7 Å². The molecule has 1 saturated heterocycles. The van der Waals surface area contributed by atoms with Gasteiger partial charge in [-0.25, -0.2) is 9.59 Å². The van der Waals surface area contributed by atoms with Crippen molar-refractivity contribution in [2.24, 2.45) is 0 Å². The van der Waals surface area contributed by atoms with Gasteiger partial charge >= 0.3 is 11.9 Å². The van der Waals surface area contributed by atoms with Crippen molar-refractivity contribution in [2.45, 2.75) is 101 Å². The van der Waals surface area contributed by atoms with Gasteiger partial charge in [0.2, 0.25) is 5.91 Å². The highest BCUT2D eigenvalue weighted by Crippen LogP contribution is 2.64. The molecule has 1 amide bonds. The van der Waals surface area contributed by atoms with E-state index in [9.17, 15) is 29.7 Å². The minimum absolute atomic E-state index is 0.161. The largest absolute Gasteiger partial charge is 0.481 e. The Morgan fingerprint density at radius 2 is 2.00 bits per heavy atom. The van der Waals surface area contributed by atoms with Gasteiger partial charge in [-0.2, -0.15) is 0 Å². The lowest BCUT2D eigenvalue weighted by atomic mass is 9.50. The van der Waals surface area contributed by atoms with E-state index in [0.29, 0.717) is 37.1 Å². The van der Waals surface area contributed by atoms with Gasteiger partial charge in [-0.05, 0) is 58.3 Å². The minimum Gasteiger partial charge on any atom is -0.481 e. The van der Waals surface area contributed by atoms with E-state index in [1.165, 1.54) is 13.8 Å².